The monoisotopic (exact) mass is 429 g/mol. The highest BCUT2D eigenvalue weighted by atomic mass is 16.4. The molecule has 32 heavy (non-hydrogen) atoms. The number of aromatic carboxylic acids is 1. The molecule has 0 spiro atoms. The van der Waals surface area contributed by atoms with Gasteiger partial charge in [0.05, 0.1) is 11.3 Å². The number of carbonyl (C=O) groups is 4. The predicted octanol–water partition coefficient (Wildman–Crippen LogP) is 3.40. The standard InChI is InChI=1S/C24H19N3O5/c1-2-15-6-3-4-8-20(15)27-22(29)19(21(28)25-24(27)32)14-18-7-5-13-26(18)17-11-9-16(10-12-17)23(30)31/h3-14H,2H2,1H3,(H,30,31)(H,25,28,32)/b19-14+. The summed E-state index contributed by atoms with van der Waals surface area (Å²) in [6.45, 7) is 1.91. The fourth-order valence-corrected chi connectivity index (χ4v) is 3.56. The van der Waals surface area contributed by atoms with Crippen LogP contribution in [0.2, 0.25) is 0 Å². The summed E-state index contributed by atoms with van der Waals surface area (Å²) in [5.74, 6) is -2.53. The Morgan fingerprint density at radius 1 is 1.00 bits per heavy atom. The summed E-state index contributed by atoms with van der Waals surface area (Å²) in [4.78, 5) is 50.3. The number of carboxylic acids is 1. The Balaban J connectivity index is 1.74. The molecule has 4 amide bonds. The number of hydrogen-bond acceptors (Lipinski definition) is 4. The van der Waals surface area contributed by atoms with Gasteiger partial charge >= 0.3 is 12.0 Å². The first-order valence-electron chi connectivity index (χ1n) is 9.91. The van der Waals surface area contributed by atoms with E-state index >= 15 is 0 Å². The molecule has 3 aromatic rings. The molecular weight excluding hydrogens is 410 g/mol. The number of benzene rings is 2. The van der Waals surface area contributed by atoms with Crippen LogP contribution in [0.1, 0.15) is 28.5 Å². The smallest absolute Gasteiger partial charge is 0.335 e. The lowest BCUT2D eigenvalue weighted by molar-refractivity contribution is -0.122. The summed E-state index contributed by atoms with van der Waals surface area (Å²) in [7, 11) is 0. The van der Waals surface area contributed by atoms with E-state index in [9.17, 15) is 19.2 Å². The van der Waals surface area contributed by atoms with E-state index in [1.54, 1.807) is 47.2 Å². The third kappa shape index (κ3) is 3.69. The number of hydrogen-bond donors (Lipinski definition) is 2. The number of urea groups is 1. The number of amides is 4. The topological polar surface area (TPSA) is 109 Å². The largest absolute Gasteiger partial charge is 0.478 e. The molecule has 0 bridgehead atoms. The van der Waals surface area contributed by atoms with Gasteiger partial charge in [-0.1, -0.05) is 25.1 Å². The van der Waals surface area contributed by atoms with E-state index in [2.05, 4.69) is 5.32 Å². The summed E-state index contributed by atoms with van der Waals surface area (Å²) in [6.07, 6.45) is 3.74. The maximum atomic E-state index is 13.2. The molecule has 0 saturated carbocycles. The van der Waals surface area contributed by atoms with Crippen molar-refractivity contribution in [2.24, 2.45) is 0 Å². The SMILES string of the molecule is CCc1ccccc1N1C(=O)NC(=O)/C(=C\c2cccn2-c2ccc(C(=O)O)cc2)C1=O. The van der Waals surface area contributed by atoms with Gasteiger partial charge in [-0.25, -0.2) is 14.5 Å². The second kappa shape index (κ2) is 8.35. The molecule has 2 N–H and O–H groups in total. The second-order valence-corrected chi connectivity index (χ2v) is 7.10. The Hall–Kier alpha value is -4.46. The molecule has 0 radical (unpaired) electrons. The number of aryl methyl sites for hydroxylation is 1. The maximum Gasteiger partial charge on any atom is 0.335 e. The number of nitrogens with one attached hydrogen (secondary N) is 1. The minimum absolute atomic E-state index is 0.145. The van der Waals surface area contributed by atoms with E-state index in [0.29, 0.717) is 23.5 Å². The molecule has 0 atom stereocenters. The van der Waals surface area contributed by atoms with Crippen LogP contribution in [-0.2, 0) is 16.0 Å². The van der Waals surface area contributed by atoms with Crippen molar-refractivity contribution in [3.05, 3.63) is 89.3 Å². The number of aromatic nitrogens is 1. The normalized spacial score (nSPS) is 15.2. The van der Waals surface area contributed by atoms with Crippen LogP contribution in [0.25, 0.3) is 11.8 Å². The van der Waals surface area contributed by atoms with E-state index < -0.39 is 23.8 Å². The van der Waals surface area contributed by atoms with Crippen molar-refractivity contribution in [2.75, 3.05) is 4.90 Å². The quantitative estimate of drug-likeness (QED) is 0.477. The highest BCUT2D eigenvalue weighted by molar-refractivity contribution is 6.39. The Morgan fingerprint density at radius 3 is 2.41 bits per heavy atom. The molecule has 2 heterocycles. The number of rotatable bonds is 5. The van der Waals surface area contributed by atoms with Gasteiger partial charge in [0.1, 0.15) is 5.57 Å². The third-order valence-electron chi connectivity index (χ3n) is 5.18. The zero-order valence-electron chi connectivity index (χ0n) is 17.1. The van der Waals surface area contributed by atoms with Crippen LogP contribution in [0.5, 0.6) is 0 Å². The molecule has 1 saturated heterocycles. The second-order valence-electron chi connectivity index (χ2n) is 7.10. The van der Waals surface area contributed by atoms with Gasteiger partial charge in [-0.05, 0) is 60.5 Å². The number of carboxylic acid groups (broad SMARTS) is 1. The van der Waals surface area contributed by atoms with Crippen LogP contribution in [0, 0.1) is 0 Å². The van der Waals surface area contributed by atoms with Gasteiger partial charge in [-0.15, -0.1) is 0 Å². The average Bonchev–Trinajstić information content (AvgIpc) is 3.25. The predicted molar refractivity (Wildman–Crippen MR) is 118 cm³/mol. The van der Waals surface area contributed by atoms with Crippen molar-refractivity contribution >= 4 is 35.6 Å². The van der Waals surface area contributed by atoms with Crippen molar-refractivity contribution in [1.29, 1.82) is 0 Å². The number of imide groups is 2. The molecule has 8 heteroatoms. The van der Waals surface area contributed by atoms with Gasteiger partial charge in [0.2, 0.25) is 0 Å². The van der Waals surface area contributed by atoms with E-state index in [0.717, 1.165) is 10.5 Å². The first-order valence-corrected chi connectivity index (χ1v) is 9.91. The molecule has 1 fully saturated rings. The molecule has 8 nitrogen and oxygen atoms in total. The number of barbiturate groups is 1. The molecule has 0 aliphatic carbocycles. The highest BCUT2D eigenvalue weighted by Gasteiger charge is 2.37. The summed E-state index contributed by atoms with van der Waals surface area (Å²) < 4.78 is 1.71. The molecule has 4 rings (SSSR count). The maximum absolute atomic E-state index is 13.2. The van der Waals surface area contributed by atoms with Crippen molar-refractivity contribution < 1.29 is 24.3 Å². The van der Waals surface area contributed by atoms with Crippen molar-refractivity contribution in [2.45, 2.75) is 13.3 Å². The minimum Gasteiger partial charge on any atom is -0.478 e. The van der Waals surface area contributed by atoms with Gasteiger partial charge in [-0.3, -0.25) is 14.9 Å². The first-order chi connectivity index (χ1) is 15.4. The Morgan fingerprint density at radius 2 is 1.72 bits per heavy atom. The van der Waals surface area contributed by atoms with Gasteiger partial charge in [0, 0.05) is 17.6 Å². The summed E-state index contributed by atoms with van der Waals surface area (Å²) in [5.41, 5.74) is 2.36. The van der Waals surface area contributed by atoms with E-state index in [4.69, 9.17) is 5.11 Å². The van der Waals surface area contributed by atoms with Gasteiger partial charge in [-0.2, -0.15) is 0 Å². The summed E-state index contributed by atoms with van der Waals surface area (Å²) in [6, 6.07) is 15.9. The zero-order valence-corrected chi connectivity index (χ0v) is 17.1. The van der Waals surface area contributed by atoms with Crippen LogP contribution in [0.3, 0.4) is 0 Å². The molecular formula is C24H19N3O5. The van der Waals surface area contributed by atoms with Crippen LogP contribution in [0.15, 0.2) is 72.4 Å². The minimum atomic E-state index is -1.03. The fourth-order valence-electron chi connectivity index (χ4n) is 3.56. The van der Waals surface area contributed by atoms with Crippen molar-refractivity contribution in [3.8, 4) is 5.69 Å². The zero-order chi connectivity index (χ0) is 22.8. The molecule has 2 aromatic carbocycles. The lowest BCUT2D eigenvalue weighted by atomic mass is 10.1. The van der Waals surface area contributed by atoms with Crippen LogP contribution >= 0.6 is 0 Å². The van der Waals surface area contributed by atoms with E-state index in [-0.39, 0.29) is 11.1 Å². The highest BCUT2D eigenvalue weighted by Crippen LogP contribution is 2.26. The molecule has 160 valence electrons. The first kappa shape index (κ1) is 20.8. The number of carbonyl (C=O) groups excluding carboxylic acids is 3. The lowest BCUT2D eigenvalue weighted by Gasteiger charge is -2.28. The summed E-state index contributed by atoms with van der Waals surface area (Å²) in [5, 5.41) is 11.3. The summed E-state index contributed by atoms with van der Waals surface area (Å²) >= 11 is 0. The Kier molecular flexibility index (Phi) is 5.43. The van der Waals surface area contributed by atoms with Crippen molar-refractivity contribution in [3.63, 3.8) is 0 Å². The third-order valence-corrected chi connectivity index (χ3v) is 5.18. The van der Waals surface area contributed by atoms with Crippen LogP contribution < -0.4 is 10.2 Å². The number of para-hydroxylation sites is 1. The van der Waals surface area contributed by atoms with Crippen LogP contribution in [-0.4, -0.2) is 33.5 Å². The molecule has 0 unspecified atom stereocenters. The molecule has 1 aliphatic heterocycles. The van der Waals surface area contributed by atoms with Crippen molar-refractivity contribution in [1.82, 2.24) is 9.88 Å². The fraction of sp³-hybridized carbons (Fsp3) is 0.0833. The molecule has 1 aromatic heterocycles. The van der Waals surface area contributed by atoms with E-state index in [1.807, 2.05) is 19.1 Å². The number of nitrogens with zero attached hydrogens (tertiary/aromatic N) is 2. The van der Waals surface area contributed by atoms with Gasteiger partial charge < -0.3 is 9.67 Å². The Labute approximate surface area is 183 Å². The Bertz CT molecular complexity index is 1270. The van der Waals surface area contributed by atoms with E-state index in [1.165, 1.54) is 18.2 Å². The van der Waals surface area contributed by atoms with Gasteiger partial charge in [0.15, 0.2) is 0 Å². The molecule has 1 aliphatic rings. The lowest BCUT2D eigenvalue weighted by Crippen LogP contribution is -2.54. The van der Waals surface area contributed by atoms with Crippen LogP contribution in [0.4, 0.5) is 10.5 Å². The number of anilines is 1. The van der Waals surface area contributed by atoms with Gasteiger partial charge in [0.25, 0.3) is 11.8 Å². The average molecular weight is 429 g/mol.